The summed E-state index contributed by atoms with van der Waals surface area (Å²) in [5.41, 5.74) is 7.55. The summed E-state index contributed by atoms with van der Waals surface area (Å²) in [5.74, 6) is 0. The highest BCUT2D eigenvalue weighted by Gasteiger charge is 2.04. The van der Waals surface area contributed by atoms with Crippen LogP contribution in [0.3, 0.4) is 0 Å². The van der Waals surface area contributed by atoms with E-state index in [-0.39, 0.29) is 6.10 Å². The van der Waals surface area contributed by atoms with E-state index in [4.69, 9.17) is 22.7 Å². The summed E-state index contributed by atoms with van der Waals surface area (Å²) >= 11 is 4.95. The van der Waals surface area contributed by atoms with Crippen molar-refractivity contribution in [2.45, 2.75) is 26.6 Å². The summed E-state index contributed by atoms with van der Waals surface area (Å²) < 4.78 is 5.50. The molecule has 0 saturated carbocycles. The monoisotopic (exact) mass is 209 g/mol. The largest absolute Gasteiger partial charge is 0.389 e. The maximum absolute atomic E-state index is 5.60. The zero-order valence-corrected chi connectivity index (χ0v) is 9.30. The molecule has 0 radical (unpaired) electrons. The number of benzene rings is 1. The number of hydrogen-bond donors (Lipinski definition) is 1. The number of hydrogen-bond acceptors (Lipinski definition) is 2. The van der Waals surface area contributed by atoms with E-state index < -0.39 is 0 Å². The fourth-order valence-electron chi connectivity index (χ4n) is 1.14. The summed E-state index contributed by atoms with van der Waals surface area (Å²) in [4.78, 5) is 0.424. The molecule has 0 spiro atoms. The van der Waals surface area contributed by atoms with Gasteiger partial charge in [0.25, 0.3) is 0 Å². The van der Waals surface area contributed by atoms with Gasteiger partial charge < -0.3 is 10.5 Å². The van der Waals surface area contributed by atoms with Crippen LogP contribution < -0.4 is 5.73 Å². The van der Waals surface area contributed by atoms with Crippen molar-refractivity contribution in [3.8, 4) is 0 Å². The van der Waals surface area contributed by atoms with Gasteiger partial charge in [-0.3, -0.25) is 0 Å². The fraction of sp³-hybridized carbons (Fsp3) is 0.364. The Morgan fingerprint density at radius 1 is 1.43 bits per heavy atom. The molecule has 0 unspecified atom stereocenters. The Balaban J connectivity index is 2.79. The highest BCUT2D eigenvalue weighted by atomic mass is 32.1. The van der Waals surface area contributed by atoms with Crippen molar-refractivity contribution in [3.63, 3.8) is 0 Å². The quantitative estimate of drug-likeness (QED) is 0.772. The third-order valence-electron chi connectivity index (χ3n) is 1.85. The van der Waals surface area contributed by atoms with Gasteiger partial charge in [0.2, 0.25) is 0 Å². The third kappa shape index (κ3) is 3.09. The Bertz CT molecular complexity index is 323. The zero-order chi connectivity index (χ0) is 10.6. The van der Waals surface area contributed by atoms with Gasteiger partial charge in [0.15, 0.2) is 0 Å². The lowest BCUT2D eigenvalue weighted by Gasteiger charge is -2.10. The number of ether oxygens (including phenoxy) is 1. The minimum Gasteiger partial charge on any atom is -0.389 e. The molecule has 0 heterocycles. The number of thiocarbonyl (C=S) groups is 1. The van der Waals surface area contributed by atoms with Crippen LogP contribution in [-0.4, -0.2) is 11.1 Å². The van der Waals surface area contributed by atoms with Crippen LogP contribution in [0.25, 0.3) is 0 Å². The normalized spacial score (nSPS) is 10.5. The predicted octanol–water partition coefficient (Wildman–Crippen LogP) is 2.25. The molecule has 1 aromatic rings. The van der Waals surface area contributed by atoms with Crippen molar-refractivity contribution in [1.82, 2.24) is 0 Å². The molecule has 0 aromatic heterocycles. The third-order valence-corrected chi connectivity index (χ3v) is 2.07. The standard InChI is InChI=1S/C11H15NOS/c1-8(2)13-7-9-5-3-4-6-10(9)11(12)14/h3-6,8H,7H2,1-2H3,(H2,12,14). The Labute approximate surface area is 90.1 Å². The molecule has 0 aliphatic heterocycles. The number of nitrogens with two attached hydrogens (primary N) is 1. The second-order valence-electron chi connectivity index (χ2n) is 3.38. The van der Waals surface area contributed by atoms with Gasteiger partial charge >= 0.3 is 0 Å². The van der Waals surface area contributed by atoms with Crippen LogP contribution in [0.5, 0.6) is 0 Å². The molecule has 0 aliphatic rings. The summed E-state index contributed by atoms with van der Waals surface area (Å²) in [6.45, 7) is 4.57. The van der Waals surface area contributed by atoms with Gasteiger partial charge in [-0.1, -0.05) is 36.5 Å². The Morgan fingerprint density at radius 2 is 2.07 bits per heavy atom. The van der Waals surface area contributed by atoms with E-state index in [1.807, 2.05) is 38.1 Å². The van der Waals surface area contributed by atoms with Crippen LogP contribution in [0.15, 0.2) is 24.3 Å². The molecule has 14 heavy (non-hydrogen) atoms. The Kier molecular flexibility index (Phi) is 4.04. The van der Waals surface area contributed by atoms with Crippen LogP contribution >= 0.6 is 12.2 Å². The number of rotatable bonds is 4. The van der Waals surface area contributed by atoms with Crippen LogP contribution in [0.1, 0.15) is 25.0 Å². The maximum Gasteiger partial charge on any atom is 0.104 e. The Morgan fingerprint density at radius 3 is 2.64 bits per heavy atom. The van der Waals surface area contributed by atoms with Crippen molar-refractivity contribution >= 4 is 17.2 Å². The molecule has 1 rings (SSSR count). The highest BCUT2D eigenvalue weighted by molar-refractivity contribution is 7.80. The van der Waals surface area contributed by atoms with E-state index in [9.17, 15) is 0 Å². The zero-order valence-electron chi connectivity index (χ0n) is 8.49. The van der Waals surface area contributed by atoms with Crippen molar-refractivity contribution < 1.29 is 4.74 Å². The van der Waals surface area contributed by atoms with Crippen molar-refractivity contribution in [2.75, 3.05) is 0 Å². The minimum atomic E-state index is 0.217. The smallest absolute Gasteiger partial charge is 0.104 e. The molecule has 0 amide bonds. The van der Waals surface area contributed by atoms with Gasteiger partial charge in [-0.05, 0) is 19.4 Å². The van der Waals surface area contributed by atoms with Gasteiger partial charge in [0, 0.05) is 5.56 Å². The molecular weight excluding hydrogens is 194 g/mol. The molecule has 76 valence electrons. The topological polar surface area (TPSA) is 35.2 Å². The SMILES string of the molecule is CC(C)OCc1ccccc1C(N)=S. The second kappa shape index (κ2) is 5.08. The first-order chi connectivity index (χ1) is 6.61. The Hall–Kier alpha value is -0.930. The van der Waals surface area contributed by atoms with Gasteiger partial charge in [-0.25, -0.2) is 0 Å². The van der Waals surface area contributed by atoms with Crippen molar-refractivity contribution in [3.05, 3.63) is 35.4 Å². The average Bonchev–Trinajstić information content (AvgIpc) is 2.15. The van der Waals surface area contributed by atoms with E-state index in [2.05, 4.69) is 0 Å². The van der Waals surface area contributed by atoms with Gasteiger partial charge in [0.05, 0.1) is 12.7 Å². The van der Waals surface area contributed by atoms with Crippen molar-refractivity contribution in [1.29, 1.82) is 0 Å². The van der Waals surface area contributed by atoms with E-state index in [1.54, 1.807) is 0 Å². The van der Waals surface area contributed by atoms with E-state index in [1.165, 1.54) is 0 Å². The molecule has 0 bridgehead atoms. The summed E-state index contributed by atoms with van der Waals surface area (Å²) in [7, 11) is 0. The van der Waals surface area contributed by atoms with Gasteiger partial charge in [-0.15, -0.1) is 0 Å². The fourth-order valence-corrected chi connectivity index (χ4v) is 1.34. The molecule has 3 heteroatoms. The average molecular weight is 209 g/mol. The molecule has 0 atom stereocenters. The highest BCUT2D eigenvalue weighted by Crippen LogP contribution is 2.10. The maximum atomic E-state index is 5.60. The first-order valence-electron chi connectivity index (χ1n) is 4.60. The van der Waals surface area contributed by atoms with Crippen molar-refractivity contribution in [2.24, 2.45) is 5.73 Å². The van der Waals surface area contributed by atoms with Crippen LogP contribution in [0.4, 0.5) is 0 Å². The molecule has 1 aromatic carbocycles. The van der Waals surface area contributed by atoms with Crippen LogP contribution in [0, 0.1) is 0 Å². The first-order valence-corrected chi connectivity index (χ1v) is 5.01. The predicted molar refractivity (Wildman–Crippen MR) is 62.3 cm³/mol. The first kappa shape index (κ1) is 11.1. The lowest BCUT2D eigenvalue weighted by molar-refractivity contribution is 0.0656. The van der Waals surface area contributed by atoms with E-state index in [0.29, 0.717) is 11.6 Å². The molecule has 0 saturated heterocycles. The second-order valence-corrected chi connectivity index (χ2v) is 3.82. The minimum absolute atomic E-state index is 0.217. The lowest BCUT2D eigenvalue weighted by Crippen LogP contribution is -2.13. The van der Waals surface area contributed by atoms with E-state index >= 15 is 0 Å². The molecule has 0 aliphatic carbocycles. The van der Waals surface area contributed by atoms with Gasteiger partial charge in [-0.2, -0.15) is 0 Å². The molecule has 2 nitrogen and oxygen atoms in total. The summed E-state index contributed by atoms with van der Waals surface area (Å²) in [5, 5.41) is 0. The molecule has 0 fully saturated rings. The molecular formula is C11H15NOS. The summed E-state index contributed by atoms with van der Waals surface area (Å²) in [6.07, 6.45) is 0.217. The lowest BCUT2D eigenvalue weighted by atomic mass is 10.1. The summed E-state index contributed by atoms with van der Waals surface area (Å²) in [6, 6.07) is 7.78. The molecule has 2 N–H and O–H groups in total. The van der Waals surface area contributed by atoms with Gasteiger partial charge in [0.1, 0.15) is 4.99 Å². The van der Waals surface area contributed by atoms with E-state index in [0.717, 1.165) is 11.1 Å². The van der Waals surface area contributed by atoms with Crippen LogP contribution in [0.2, 0.25) is 0 Å². The van der Waals surface area contributed by atoms with Crippen LogP contribution in [-0.2, 0) is 11.3 Å².